The molecule has 0 bridgehead atoms. The van der Waals surface area contributed by atoms with Crippen molar-refractivity contribution in [3.63, 3.8) is 0 Å². The number of benzene rings is 2. The molecule has 0 unspecified atom stereocenters. The minimum atomic E-state index is -0.0807. The van der Waals surface area contributed by atoms with Crippen molar-refractivity contribution >= 4 is 52.8 Å². The average molecular weight is 498 g/mol. The Bertz CT molecular complexity index is 990. The normalized spacial score (nSPS) is 16.5. The summed E-state index contributed by atoms with van der Waals surface area (Å²) in [6.45, 7) is 4.21. The van der Waals surface area contributed by atoms with E-state index >= 15 is 0 Å². The molecule has 172 valence electrons. The molecule has 2 aliphatic heterocycles. The van der Waals surface area contributed by atoms with Gasteiger partial charge in [0.15, 0.2) is 11.5 Å². The topological polar surface area (TPSA) is 42.0 Å². The molecule has 1 amide bonds. The maximum absolute atomic E-state index is 13.1. The van der Waals surface area contributed by atoms with Crippen molar-refractivity contribution in [3.05, 3.63) is 58.1 Å². The second kappa shape index (κ2) is 11.3. The smallest absolute Gasteiger partial charge is 0.258 e. The van der Waals surface area contributed by atoms with Crippen molar-refractivity contribution in [2.45, 2.75) is 19.3 Å². The van der Waals surface area contributed by atoms with Crippen LogP contribution in [0.2, 0.25) is 10.0 Å². The summed E-state index contributed by atoms with van der Waals surface area (Å²) < 4.78 is 11.5. The van der Waals surface area contributed by atoms with E-state index in [2.05, 4.69) is 4.90 Å². The van der Waals surface area contributed by atoms with Crippen LogP contribution < -0.4 is 14.4 Å². The van der Waals surface area contributed by atoms with E-state index in [0.717, 1.165) is 30.9 Å². The zero-order valence-corrected chi connectivity index (χ0v) is 20.3. The van der Waals surface area contributed by atoms with Gasteiger partial charge in [-0.2, -0.15) is 0 Å². The summed E-state index contributed by atoms with van der Waals surface area (Å²) in [7, 11) is 1.62. The van der Waals surface area contributed by atoms with E-state index in [-0.39, 0.29) is 18.3 Å². The molecule has 0 atom stereocenters. The molecule has 0 N–H and O–H groups in total. The van der Waals surface area contributed by atoms with Crippen molar-refractivity contribution in [1.29, 1.82) is 0 Å². The number of carbonyl (C=O) groups is 1. The number of hydrogen-bond donors (Lipinski definition) is 0. The van der Waals surface area contributed by atoms with Crippen LogP contribution in [-0.2, 0) is 4.79 Å². The summed E-state index contributed by atoms with van der Waals surface area (Å²) in [6.07, 6.45) is 5.74. The molecule has 2 aliphatic rings. The van der Waals surface area contributed by atoms with Crippen LogP contribution in [0.5, 0.6) is 11.5 Å². The molecule has 0 aliphatic carbocycles. The van der Waals surface area contributed by atoms with Crippen LogP contribution in [0.25, 0.3) is 5.57 Å². The van der Waals surface area contributed by atoms with Gasteiger partial charge in [0.05, 0.1) is 17.2 Å². The zero-order valence-electron chi connectivity index (χ0n) is 18.0. The summed E-state index contributed by atoms with van der Waals surface area (Å²) in [4.78, 5) is 17.2. The molecule has 0 spiro atoms. The van der Waals surface area contributed by atoms with E-state index in [1.807, 2.05) is 24.3 Å². The minimum absolute atomic E-state index is 0. The summed E-state index contributed by atoms with van der Waals surface area (Å²) in [6, 6.07) is 10.8. The Kier molecular flexibility index (Phi) is 8.72. The number of anilines is 1. The van der Waals surface area contributed by atoms with Gasteiger partial charge < -0.3 is 14.4 Å². The van der Waals surface area contributed by atoms with Gasteiger partial charge in [0.1, 0.15) is 6.61 Å². The van der Waals surface area contributed by atoms with E-state index in [4.69, 9.17) is 32.7 Å². The summed E-state index contributed by atoms with van der Waals surface area (Å²) in [5.41, 5.74) is 2.16. The number of amides is 1. The number of rotatable bonds is 7. The van der Waals surface area contributed by atoms with Crippen LogP contribution in [0.3, 0.4) is 0 Å². The lowest BCUT2D eigenvalue weighted by molar-refractivity contribution is -0.112. The molecule has 2 aromatic rings. The van der Waals surface area contributed by atoms with Crippen molar-refractivity contribution in [2.24, 2.45) is 0 Å². The molecule has 4 rings (SSSR count). The number of halogens is 3. The van der Waals surface area contributed by atoms with Gasteiger partial charge in [-0.05, 0) is 61.8 Å². The van der Waals surface area contributed by atoms with Crippen LogP contribution in [0.4, 0.5) is 5.69 Å². The van der Waals surface area contributed by atoms with Gasteiger partial charge >= 0.3 is 0 Å². The highest BCUT2D eigenvalue weighted by atomic mass is 35.5. The van der Waals surface area contributed by atoms with Crippen molar-refractivity contribution in [1.82, 2.24) is 4.90 Å². The van der Waals surface area contributed by atoms with Crippen LogP contribution in [0.15, 0.2) is 42.5 Å². The monoisotopic (exact) mass is 496 g/mol. The van der Waals surface area contributed by atoms with Gasteiger partial charge in [-0.1, -0.05) is 41.8 Å². The van der Waals surface area contributed by atoms with Crippen LogP contribution in [-0.4, -0.2) is 50.7 Å². The lowest BCUT2D eigenvalue weighted by Gasteiger charge is -2.26. The highest BCUT2D eigenvalue weighted by Gasteiger charge is 2.27. The van der Waals surface area contributed by atoms with E-state index in [1.165, 1.54) is 19.3 Å². The van der Waals surface area contributed by atoms with Crippen molar-refractivity contribution in [3.8, 4) is 11.5 Å². The molecule has 0 aromatic heterocycles. The van der Waals surface area contributed by atoms with E-state index in [9.17, 15) is 4.79 Å². The van der Waals surface area contributed by atoms with Crippen LogP contribution in [0, 0.1) is 0 Å². The second-order valence-electron chi connectivity index (χ2n) is 7.75. The lowest BCUT2D eigenvalue weighted by atomic mass is 10.1. The third kappa shape index (κ3) is 5.52. The highest BCUT2D eigenvalue weighted by Crippen LogP contribution is 2.35. The highest BCUT2D eigenvalue weighted by molar-refractivity contribution is 6.42. The summed E-state index contributed by atoms with van der Waals surface area (Å²) in [5, 5.41) is 0.890. The van der Waals surface area contributed by atoms with Crippen LogP contribution >= 0.6 is 35.6 Å². The third-order valence-corrected chi connectivity index (χ3v) is 6.50. The minimum Gasteiger partial charge on any atom is -0.493 e. The molecule has 5 nitrogen and oxygen atoms in total. The molecular formula is C24H27Cl3N2O3. The largest absolute Gasteiger partial charge is 0.493 e. The summed E-state index contributed by atoms with van der Waals surface area (Å²) in [5.74, 6) is 1.23. The van der Waals surface area contributed by atoms with Gasteiger partial charge in [0, 0.05) is 24.4 Å². The van der Waals surface area contributed by atoms with Crippen molar-refractivity contribution < 1.29 is 14.3 Å². The Hall–Kier alpha value is -1.92. The van der Waals surface area contributed by atoms with Gasteiger partial charge in [0.25, 0.3) is 5.91 Å². The molecule has 8 heteroatoms. The number of carbonyl (C=O) groups excluding carboxylic acids is 1. The number of ether oxygens (including phenoxy) is 2. The van der Waals surface area contributed by atoms with E-state index in [1.54, 1.807) is 30.2 Å². The van der Waals surface area contributed by atoms with Gasteiger partial charge in [-0.15, -0.1) is 12.4 Å². The zero-order chi connectivity index (χ0) is 21.8. The molecule has 1 saturated heterocycles. The number of piperidine rings is 1. The first-order valence-electron chi connectivity index (χ1n) is 10.6. The van der Waals surface area contributed by atoms with Gasteiger partial charge in [-0.3, -0.25) is 9.69 Å². The number of methoxy groups -OCH3 is 1. The first kappa shape index (κ1) is 24.7. The Balaban J connectivity index is 0.00000289. The Labute approximate surface area is 205 Å². The quantitative estimate of drug-likeness (QED) is 0.491. The van der Waals surface area contributed by atoms with Crippen LogP contribution in [0.1, 0.15) is 24.8 Å². The van der Waals surface area contributed by atoms with E-state index in [0.29, 0.717) is 40.3 Å². The Morgan fingerprint density at radius 3 is 2.47 bits per heavy atom. The maximum Gasteiger partial charge on any atom is 0.258 e. The Morgan fingerprint density at radius 1 is 0.969 bits per heavy atom. The predicted molar refractivity (Wildman–Crippen MR) is 133 cm³/mol. The third-order valence-electron chi connectivity index (χ3n) is 5.76. The summed E-state index contributed by atoms with van der Waals surface area (Å²) >= 11 is 12.1. The maximum atomic E-state index is 13.1. The fourth-order valence-electron chi connectivity index (χ4n) is 4.04. The SMILES string of the molecule is COc1ccc(C2=CCN(c3ccc(Cl)c(Cl)c3)C2=O)cc1OCCN1CCCCC1.Cl. The molecule has 1 fully saturated rings. The standard InChI is InChI=1S/C24H26Cl2N2O3.ClH/c1-30-22-8-5-17(15-23(22)31-14-13-27-10-3-2-4-11-27)19-9-12-28(24(19)29)18-6-7-20(25)21(26)16-18;/h5-9,15-16H,2-4,10-14H2,1H3;1H. The van der Waals surface area contributed by atoms with E-state index < -0.39 is 0 Å². The molecule has 0 saturated carbocycles. The van der Waals surface area contributed by atoms with Crippen molar-refractivity contribution in [2.75, 3.05) is 44.8 Å². The first-order valence-corrected chi connectivity index (χ1v) is 11.3. The molecule has 2 aromatic carbocycles. The van der Waals surface area contributed by atoms with Gasteiger partial charge in [0.2, 0.25) is 0 Å². The van der Waals surface area contributed by atoms with Gasteiger partial charge in [-0.25, -0.2) is 0 Å². The second-order valence-corrected chi connectivity index (χ2v) is 8.56. The number of likely N-dealkylation sites (tertiary alicyclic amines) is 1. The number of nitrogens with zero attached hydrogens (tertiary/aromatic N) is 2. The Morgan fingerprint density at radius 2 is 1.75 bits per heavy atom. The average Bonchev–Trinajstić information content (AvgIpc) is 3.17. The first-order chi connectivity index (χ1) is 15.1. The predicted octanol–water partition coefficient (Wildman–Crippen LogP) is 5.72. The molecule has 0 radical (unpaired) electrons. The molecular weight excluding hydrogens is 471 g/mol. The fraction of sp³-hybridized carbons (Fsp3) is 0.375. The molecule has 2 heterocycles. The fourth-order valence-corrected chi connectivity index (χ4v) is 4.33. The number of hydrogen-bond acceptors (Lipinski definition) is 4. The molecule has 32 heavy (non-hydrogen) atoms. The lowest BCUT2D eigenvalue weighted by Crippen LogP contribution is -2.33.